The number of nitrogens with zero attached hydrogens (tertiary/aromatic N) is 2. The topological polar surface area (TPSA) is 36.9 Å². The Bertz CT molecular complexity index is 554. The third-order valence-electron chi connectivity index (χ3n) is 4.37. The van der Waals surface area contributed by atoms with Crippen molar-refractivity contribution in [1.82, 2.24) is 10.2 Å². The average molecular weight is 329 g/mol. The fraction of sp³-hybridized carbons (Fsp3) is 0.550. The number of rotatable bonds is 5. The Kier molecular flexibility index (Phi) is 6.85. The Morgan fingerprint density at radius 1 is 1.25 bits per heavy atom. The van der Waals surface area contributed by atoms with Gasteiger partial charge in [-0.2, -0.15) is 0 Å². The molecule has 0 amide bonds. The van der Waals surface area contributed by atoms with Gasteiger partial charge in [0, 0.05) is 26.7 Å². The number of benzene rings is 1. The lowest BCUT2D eigenvalue weighted by Gasteiger charge is -2.32. The highest BCUT2D eigenvalue weighted by atomic mass is 16.5. The number of guanidine groups is 1. The first-order valence-corrected chi connectivity index (χ1v) is 8.87. The fourth-order valence-electron chi connectivity index (χ4n) is 2.69. The van der Waals surface area contributed by atoms with Crippen molar-refractivity contribution < 1.29 is 4.74 Å². The summed E-state index contributed by atoms with van der Waals surface area (Å²) in [5, 5.41) is 3.41. The van der Waals surface area contributed by atoms with Gasteiger partial charge in [-0.15, -0.1) is 0 Å². The maximum absolute atomic E-state index is 5.47. The molecule has 24 heavy (non-hydrogen) atoms. The first-order valence-electron chi connectivity index (χ1n) is 8.87. The largest absolute Gasteiger partial charge is 0.377 e. The highest BCUT2D eigenvalue weighted by molar-refractivity contribution is 5.80. The van der Waals surface area contributed by atoms with E-state index in [1.54, 1.807) is 7.11 Å². The number of aliphatic imine (C=N–C) groups is 1. The van der Waals surface area contributed by atoms with Crippen LogP contribution in [0.4, 0.5) is 0 Å². The number of hydrogen-bond donors (Lipinski definition) is 1. The molecule has 1 aromatic rings. The van der Waals surface area contributed by atoms with E-state index in [0.717, 1.165) is 38.4 Å². The molecule has 0 atom stereocenters. The molecule has 0 bridgehead atoms. The molecule has 0 aliphatic carbocycles. The Morgan fingerprint density at radius 2 is 1.92 bits per heavy atom. The van der Waals surface area contributed by atoms with Gasteiger partial charge >= 0.3 is 0 Å². The molecular weight excluding hydrogens is 298 g/mol. The van der Waals surface area contributed by atoms with Crippen LogP contribution < -0.4 is 5.32 Å². The van der Waals surface area contributed by atoms with Crippen LogP contribution >= 0.6 is 0 Å². The zero-order chi connectivity index (χ0) is 17.4. The van der Waals surface area contributed by atoms with Crippen molar-refractivity contribution in [2.75, 3.05) is 33.3 Å². The third kappa shape index (κ3) is 5.68. The van der Waals surface area contributed by atoms with Crippen LogP contribution in [0.15, 0.2) is 40.9 Å². The Morgan fingerprint density at radius 3 is 2.50 bits per heavy atom. The molecule has 1 saturated heterocycles. The molecule has 4 nitrogen and oxygen atoms in total. The fourth-order valence-corrected chi connectivity index (χ4v) is 2.69. The summed E-state index contributed by atoms with van der Waals surface area (Å²) >= 11 is 0. The van der Waals surface area contributed by atoms with E-state index >= 15 is 0 Å². The van der Waals surface area contributed by atoms with Crippen LogP contribution in [0.2, 0.25) is 0 Å². The smallest absolute Gasteiger partial charge is 0.194 e. The molecule has 132 valence electrons. The summed E-state index contributed by atoms with van der Waals surface area (Å²) in [6.45, 7) is 9.82. The minimum atomic E-state index is -0.227. The van der Waals surface area contributed by atoms with Gasteiger partial charge in [0.15, 0.2) is 5.96 Å². The summed E-state index contributed by atoms with van der Waals surface area (Å²) in [6.07, 6.45) is 4.51. The predicted molar refractivity (Wildman–Crippen MR) is 102 cm³/mol. The molecule has 0 spiro atoms. The van der Waals surface area contributed by atoms with Crippen molar-refractivity contribution in [2.24, 2.45) is 4.99 Å². The van der Waals surface area contributed by atoms with Crippen LogP contribution in [0.1, 0.15) is 39.2 Å². The molecule has 0 aromatic heterocycles. The van der Waals surface area contributed by atoms with E-state index < -0.39 is 0 Å². The molecule has 0 unspecified atom stereocenters. The lowest BCUT2D eigenvalue weighted by Crippen LogP contribution is -2.45. The van der Waals surface area contributed by atoms with Crippen molar-refractivity contribution in [3.05, 3.63) is 41.5 Å². The number of piperidine rings is 1. The molecule has 1 heterocycles. The molecule has 4 heteroatoms. The van der Waals surface area contributed by atoms with Crippen LogP contribution in [0.3, 0.4) is 0 Å². The standard InChI is InChI=1S/C20H31N3O/c1-5-21-19(22-16-20(2,3)24-4)23-13-11-18(12-14-23)15-17-9-7-6-8-10-17/h6-10,15H,5,11-14,16H2,1-4H3,(H,21,22). The van der Waals surface area contributed by atoms with E-state index in [2.05, 4.69) is 67.4 Å². The summed E-state index contributed by atoms with van der Waals surface area (Å²) in [5.41, 5.74) is 2.59. The molecule has 0 radical (unpaired) electrons. The number of ether oxygens (including phenoxy) is 1. The Hall–Kier alpha value is -1.81. The SMILES string of the molecule is CCNC(=NCC(C)(C)OC)N1CCC(=Cc2ccccc2)CC1. The lowest BCUT2D eigenvalue weighted by molar-refractivity contribution is 0.0308. The molecular formula is C20H31N3O. The van der Waals surface area contributed by atoms with E-state index in [1.807, 2.05) is 0 Å². The molecule has 1 N–H and O–H groups in total. The maximum Gasteiger partial charge on any atom is 0.194 e. The second-order valence-electron chi connectivity index (χ2n) is 6.83. The summed E-state index contributed by atoms with van der Waals surface area (Å²) in [7, 11) is 1.74. The molecule has 1 fully saturated rings. The van der Waals surface area contributed by atoms with Crippen LogP contribution in [-0.4, -0.2) is 49.7 Å². The normalized spacial score (nSPS) is 16.2. The number of methoxy groups -OCH3 is 1. The Balaban J connectivity index is 1.97. The number of likely N-dealkylation sites (tertiary alicyclic amines) is 1. The van der Waals surface area contributed by atoms with E-state index in [0.29, 0.717) is 6.54 Å². The maximum atomic E-state index is 5.47. The summed E-state index contributed by atoms with van der Waals surface area (Å²) in [6, 6.07) is 10.6. The summed E-state index contributed by atoms with van der Waals surface area (Å²) in [5.74, 6) is 1.00. The van der Waals surface area contributed by atoms with Gasteiger partial charge in [-0.25, -0.2) is 0 Å². The van der Waals surface area contributed by atoms with E-state index in [-0.39, 0.29) is 5.60 Å². The van der Waals surface area contributed by atoms with Gasteiger partial charge in [0.25, 0.3) is 0 Å². The highest BCUT2D eigenvalue weighted by Gasteiger charge is 2.20. The zero-order valence-corrected chi connectivity index (χ0v) is 15.5. The van der Waals surface area contributed by atoms with Crippen LogP contribution in [-0.2, 0) is 4.74 Å². The third-order valence-corrected chi connectivity index (χ3v) is 4.37. The Labute approximate surface area is 146 Å². The second kappa shape index (κ2) is 8.88. The summed E-state index contributed by atoms with van der Waals surface area (Å²) < 4.78 is 5.47. The van der Waals surface area contributed by atoms with Crippen molar-refractivity contribution in [3.63, 3.8) is 0 Å². The second-order valence-corrected chi connectivity index (χ2v) is 6.83. The summed E-state index contributed by atoms with van der Waals surface area (Å²) in [4.78, 5) is 7.13. The van der Waals surface area contributed by atoms with Gasteiger partial charge in [0.1, 0.15) is 0 Å². The van der Waals surface area contributed by atoms with E-state index in [4.69, 9.17) is 9.73 Å². The van der Waals surface area contributed by atoms with Crippen molar-refractivity contribution >= 4 is 12.0 Å². The van der Waals surface area contributed by atoms with E-state index in [1.165, 1.54) is 11.1 Å². The molecule has 1 aromatic carbocycles. The quantitative estimate of drug-likeness (QED) is 0.663. The first-order chi connectivity index (χ1) is 11.5. The van der Waals surface area contributed by atoms with Gasteiger partial charge < -0.3 is 15.0 Å². The predicted octanol–water partition coefficient (Wildman–Crippen LogP) is 3.56. The van der Waals surface area contributed by atoms with Gasteiger partial charge in [-0.05, 0) is 39.2 Å². The molecule has 1 aliphatic rings. The number of nitrogens with one attached hydrogen (secondary N) is 1. The van der Waals surface area contributed by atoms with Crippen molar-refractivity contribution in [3.8, 4) is 0 Å². The van der Waals surface area contributed by atoms with Crippen LogP contribution in [0, 0.1) is 0 Å². The zero-order valence-electron chi connectivity index (χ0n) is 15.5. The molecule has 0 saturated carbocycles. The van der Waals surface area contributed by atoms with Crippen LogP contribution in [0.5, 0.6) is 0 Å². The lowest BCUT2D eigenvalue weighted by atomic mass is 10.0. The van der Waals surface area contributed by atoms with Crippen LogP contribution in [0.25, 0.3) is 6.08 Å². The molecule has 2 rings (SSSR count). The van der Waals surface area contributed by atoms with Gasteiger partial charge in [-0.3, -0.25) is 4.99 Å². The van der Waals surface area contributed by atoms with Gasteiger partial charge in [0.2, 0.25) is 0 Å². The average Bonchev–Trinajstić information content (AvgIpc) is 2.60. The minimum absolute atomic E-state index is 0.227. The minimum Gasteiger partial charge on any atom is -0.377 e. The monoisotopic (exact) mass is 329 g/mol. The van der Waals surface area contributed by atoms with E-state index in [9.17, 15) is 0 Å². The van der Waals surface area contributed by atoms with Gasteiger partial charge in [0.05, 0.1) is 12.1 Å². The highest BCUT2D eigenvalue weighted by Crippen LogP contribution is 2.19. The van der Waals surface area contributed by atoms with Crippen molar-refractivity contribution in [2.45, 2.75) is 39.2 Å². The number of hydrogen-bond acceptors (Lipinski definition) is 2. The van der Waals surface area contributed by atoms with Crippen molar-refractivity contribution in [1.29, 1.82) is 0 Å². The van der Waals surface area contributed by atoms with Gasteiger partial charge in [-0.1, -0.05) is 42.0 Å². The first kappa shape index (κ1) is 18.5. The molecule has 1 aliphatic heterocycles.